The quantitative estimate of drug-likeness (QED) is 0.641. The maximum absolute atomic E-state index is 12.0. The van der Waals surface area contributed by atoms with Gasteiger partial charge in [0.1, 0.15) is 12.2 Å². The molecule has 0 N–H and O–H groups in total. The van der Waals surface area contributed by atoms with Crippen molar-refractivity contribution < 1.29 is 13.9 Å². The van der Waals surface area contributed by atoms with Crippen LogP contribution >= 0.6 is 0 Å². The van der Waals surface area contributed by atoms with Crippen molar-refractivity contribution >= 4 is 16.9 Å². The number of aryl methyl sites for hydroxylation is 2. The second-order valence-electron chi connectivity index (χ2n) is 6.06. The normalized spacial score (nSPS) is 15.4. The van der Waals surface area contributed by atoms with E-state index < -0.39 is 5.63 Å². The molecule has 1 aliphatic rings. The number of hydrogen-bond acceptors (Lipinski definition) is 4. The molecule has 116 valence electrons. The zero-order valence-electron chi connectivity index (χ0n) is 13.0. The maximum Gasteiger partial charge on any atom is 0.336 e. The monoisotopic (exact) mass is 300 g/mol. The number of benzene rings is 1. The summed E-state index contributed by atoms with van der Waals surface area (Å²) < 4.78 is 10.8. The number of esters is 1. The summed E-state index contributed by atoms with van der Waals surface area (Å²) in [4.78, 5) is 23.8. The molecular weight excluding hydrogens is 280 g/mol. The fourth-order valence-corrected chi connectivity index (χ4v) is 3.07. The topological polar surface area (TPSA) is 56.5 Å². The van der Waals surface area contributed by atoms with Crippen molar-refractivity contribution in [2.24, 2.45) is 5.92 Å². The summed E-state index contributed by atoms with van der Waals surface area (Å²) in [5.74, 6) is -0.127. The Morgan fingerprint density at radius 3 is 2.73 bits per heavy atom. The Morgan fingerprint density at radius 1 is 1.27 bits per heavy atom. The average Bonchev–Trinajstić information content (AvgIpc) is 3.03. The third-order valence-electron chi connectivity index (χ3n) is 4.58. The summed E-state index contributed by atoms with van der Waals surface area (Å²) in [6.45, 7) is 4.02. The molecule has 0 bridgehead atoms. The minimum atomic E-state index is -0.409. The third-order valence-corrected chi connectivity index (χ3v) is 4.58. The predicted molar refractivity (Wildman–Crippen MR) is 83.7 cm³/mol. The van der Waals surface area contributed by atoms with Crippen molar-refractivity contribution in [2.75, 3.05) is 0 Å². The first-order chi connectivity index (χ1) is 10.6. The highest BCUT2D eigenvalue weighted by molar-refractivity contribution is 5.84. The Balaban J connectivity index is 1.88. The number of hydrogen-bond donors (Lipinski definition) is 0. The van der Waals surface area contributed by atoms with E-state index in [-0.39, 0.29) is 18.5 Å². The standard InChI is InChI=1S/C18H20O4/c1-11-7-8-15-14(9-16(19)22-17(15)12(11)2)10-21-18(20)13-5-3-4-6-13/h7-9,13H,3-6,10H2,1-2H3. The van der Waals surface area contributed by atoms with Crippen LogP contribution in [0.5, 0.6) is 0 Å². The van der Waals surface area contributed by atoms with Crippen molar-refractivity contribution in [3.05, 3.63) is 45.3 Å². The van der Waals surface area contributed by atoms with Crippen LogP contribution in [0.2, 0.25) is 0 Å². The Labute approximate surface area is 129 Å². The molecule has 0 radical (unpaired) electrons. The maximum atomic E-state index is 12.0. The first-order valence-electron chi connectivity index (χ1n) is 7.76. The number of carbonyl (C=O) groups is 1. The summed E-state index contributed by atoms with van der Waals surface area (Å²) in [7, 11) is 0. The van der Waals surface area contributed by atoms with Gasteiger partial charge in [-0.05, 0) is 37.8 Å². The van der Waals surface area contributed by atoms with Crippen LogP contribution in [-0.2, 0) is 16.1 Å². The second kappa shape index (κ2) is 5.95. The molecule has 22 heavy (non-hydrogen) atoms. The van der Waals surface area contributed by atoms with Crippen molar-refractivity contribution in [1.82, 2.24) is 0 Å². The van der Waals surface area contributed by atoms with E-state index in [0.29, 0.717) is 11.1 Å². The lowest BCUT2D eigenvalue weighted by Gasteiger charge is -2.12. The van der Waals surface area contributed by atoms with Crippen LogP contribution in [0.3, 0.4) is 0 Å². The van der Waals surface area contributed by atoms with Crippen LogP contribution in [0, 0.1) is 19.8 Å². The molecule has 0 saturated heterocycles. The Kier molecular flexibility index (Phi) is 4.01. The van der Waals surface area contributed by atoms with E-state index in [1.54, 1.807) is 0 Å². The lowest BCUT2D eigenvalue weighted by atomic mass is 10.0. The van der Waals surface area contributed by atoms with Gasteiger partial charge in [0.15, 0.2) is 0 Å². The van der Waals surface area contributed by atoms with Crippen LogP contribution in [0.25, 0.3) is 11.0 Å². The van der Waals surface area contributed by atoms with Gasteiger partial charge in [0.2, 0.25) is 0 Å². The Morgan fingerprint density at radius 2 is 2.00 bits per heavy atom. The summed E-state index contributed by atoms with van der Waals surface area (Å²) >= 11 is 0. The van der Waals surface area contributed by atoms with Gasteiger partial charge in [-0.25, -0.2) is 4.79 Å². The fourth-order valence-electron chi connectivity index (χ4n) is 3.07. The van der Waals surface area contributed by atoms with E-state index in [4.69, 9.17) is 9.15 Å². The van der Waals surface area contributed by atoms with E-state index in [1.165, 1.54) is 6.07 Å². The molecule has 1 heterocycles. The lowest BCUT2D eigenvalue weighted by molar-refractivity contribution is -0.149. The summed E-state index contributed by atoms with van der Waals surface area (Å²) in [6, 6.07) is 5.32. The van der Waals surface area contributed by atoms with Crippen LogP contribution in [0.15, 0.2) is 27.4 Å². The molecule has 4 nitrogen and oxygen atoms in total. The summed E-state index contributed by atoms with van der Waals surface area (Å²) in [5, 5.41) is 0.835. The second-order valence-corrected chi connectivity index (χ2v) is 6.06. The van der Waals surface area contributed by atoms with Crippen LogP contribution < -0.4 is 5.63 Å². The van der Waals surface area contributed by atoms with Gasteiger partial charge in [-0.15, -0.1) is 0 Å². The zero-order chi connectivity index (χ0) is 15.7. The smallest absolute Gasteiger partial charge is 0.336 e. The summed E-state index contributed by atoms with van der Waals surface area (Å²) in [6.07, 6.45) is 4.01. The SMILES string of the molecule is Cc1ccc2c(COC(=O)C3CCCC3)cc(=O)oc2c1C. The minimum Gasteiger partial charge on any atom is -0.461 e. The van der Waals surface area contributed by atoms with Crippen molar-refractivity contribution in [2.45, 2.75) is 46.1 Å². The van der Waals surface area contributed by atoms with Gasteiger partial charge in [-0.3, -0.25) is 4.79 Å². The predicted octanol–water partition coefficient (Wildman–Crippen LogP) is 3.64. The van der Waals surface area contributed by atoms with Crippen molar-refractivity contribution in [3.8, 4) is 0 Å². The van der Waals surface area contributed by atoms with Crippen molar-refractivity contribution in [3.63, 3.8) is 0 Å². The third kappa shape index (κ3) is 2.78. The molecular formula is C18H20O4. The molecule has 1 fully saturated rings. The number of ether oxygens (including phenoxy) is 1. The Bertz CT molecular complexity index is 766. The minimum absolute atomic E-state index is 0.0235. The van der Waals surface area contributed by atoms with Crippen LogP contribution in [-0.4, -0.2) is 5.97 Å². The summed E-state index contributed by atoms with van der Waals surface area (Å²) in [5.41, 5.74) is 2.89. The van der Waals surface area contributed by atoms with Gasteiger partial charge in [0.05, 0.1) is 5.92 Å². The number of rotatable bonds is 3. The molecule has 0 atom stereocenters. The first kappa shape index (κ1) is 14.8. The van der Waals surface area contributed by atoms with Gasteiger partial charge >= 0.3 is 11.6 Å². The molecule has 1 aromatic carbocycles. The lowest BCUT2D eigenvalue weighted by Crippen LogP contribution is -2.15. The molecule has 1 aliphatic carbocycles. The van der Waals surface area contributed by atoms with E-state index >= 15 is 0 Å². The van der Waals surface area contributed by atoms with Crippen LogP contribution in [0.1, 0.15) is 42.4 Å². The number of fused-ring (bicyclic) bond motifs is 1. The highest BCUT2D eigenvalue weighted by atomic mass is 16.5. The average molecular weight is 300 g/mol. The zero-order valence-corrected chi connectivity index (χ0v) is 13.0. The molecule has 3 rings (SSSR count). The van der Waals surface area contributed by atoms with Gasteiger partial charge in [-0.1, -0.05) is 25.0 Å². The van der Waals surface area contributed by atoms with Gasteiger partial charge in [0, 0.05) is 17.0 Å². The molecule has 1 saturated carbocycles. The molecule has 0 unspecified atom stereocenters. The van der Waals surface area contributed by atoms with Gasteiger partial charge in [0.25, 0.3) is 0 Å². The van der Waals surface area contributed by atoms with E-state index in [9.17, 15) is 9.59 Å². The van der Waals surface area contributed by atoms with Gasteiger partial charge in [-0.2, -0.15) is 0 Å². The number of carbonyl (C=O) groups excluding carboxylic acids is 1. The molecule has 0 aliphatic heterocycles. The van der Waals surface area contributed by atoms with Gasteiger partial charge < -0.3 is 9.15 Å². The van der Waals surface area contributed by atoms with Crippen molar-refractivity contribution in [1.29, 1.82) is 0 Å². The highest BCUT2D eigenvalue weighted by Crippen LogP contribution is 2.27. The van der Waals surface area contributed by atoms with E-state index in [2.05, 4.69) is 0 Å². The first-order valence-corrected chi connectivity index (χ1v) is 7.76. The largest absolute Gasteiger partial charge is 0.461 e. The van der Waals surface area contributed by atoms with E-state index in [1.807, 2.05) is 26.0 Å². The molecule has 4 heteroatoms. The van der Waals surface area contributed by atoms with E-state index in [0.717, 1.165) is 42.2 Å². The molecule has 0 spiro atoms. The fraction of sp³-hybridized carbons (Fsp3) is 0.444. The molecule has 1 aromatic heterocycles. The Hall–Kier alpha value is -2.10. The molecule has 2 aromatic rings. The molecule has 0 amide bonds. The van der Waals surface area contributed by atoms with Crippen LogP contribution in [0.4, 0.5) is 0 Å². The highest BCUT2D eigenvalue weighted by Gasteiger charge is 2.24.